The van der Waals surface area contributed by atoms with Crippen LogP contribution in [-0.4, -0.2) is 15.2 Å². The predicted octanol–water partition coefficient (Wildman–Crippen LogP) is 4.76. The van der Waals surface area contributed by atoms with E-state index in [1.807, 2.05) is 36.4 Å². The number of H-pyrrole nitrogens is 1. The van der Waals surface area contributed by atoms with Crippen molar-refractivity contribution in [3.63, 3.8) is 0 Å². The first kappa shape index (κ1) is 13.3. The van der Waals surface area contributed by atoms with E-state index in [4.69, 9.17) is 17.0 Å². The monoisotopic (exact) mass is 308 g/mol. The van der Waals surface area contributed by atoms with Crippen molar-refractivity contribution in [2.24, 2.45) is 0 Å². The molecule has 110 valence electrons. The van der Waals surface area contributed by atoms with E-state index in [-0.39, 0.29) is 5.60 Å². The highest BCUT2D eigenvalue weighted by molar-refractivity contribution is 7.71. The van der Waals surface area contributed by atoms with E-state index >= 15 is 0 Å². The number of fused-ring (bicyclic) bond motifs is 2. The second kappa shape index (κ2) is 4.58. The molecule has 22 heavy (non-hydrogen) atoms. The van der Waals surface area contributed by atoms with Crippen LogP contribution in [0.1, 0.15) is 19.4 Å². The topological polar surface area (TPSA) is 29.9 Å². The number of imidazole rings is 1. The van der Waals surface area contributed by atoms with E-state index in [2.05, 4.69) is 41.6 Å². The molecule has 4 heteroatoms. The minimum absolute atomic E-state index is 0.378. The molecule has 1 N–H and O–H groups in total. The van der Waals surface area contributed by atoms with E-state index in [0.717, 1.165) is 28.0 Å². The van der Waals surface area contributed by atoms with E-state index in [0.29, 0.717) is 4.77 Å². The normalized spacial score (nSPS) is 16.0. The van der Waals surface area contributed by atoms with Gasteiger partial charge in [0.15, 0.2) is 4.77 Å². The molecule has 3 aromatic rings. The summed E-state index contributed by atoms with van der Waals surface area (Å²) in [6, 6.07) is 16.2. The van der Waals surface area contributed by atoms with Crippen LogP contribution < -0.4 is 4.74 Å². The van der Waals surface area contributed by atoms with Crippen molar-refractivity contribution in [3.05, 3.63) is 64.9 Å². The van der Waals surface area contributed by atoms with Crippen LogP contribution in [-0.2, 0) is 0 Å². The van der Waals surface area contributed by atoms with Crippen LogP contribution in [0.5, 0.6) is 5.75 Å². The standard InChI is InChI=1S/C18H16N2OS/c1-18(2)11-15(12-7-3-6-10-16(12)21-18)20-14-9-5-4-8-13(14)19-17(20)22/h3-11H,1-2H3,(H,19,22). The largest absolute Gasteiger partial charge is 0.483 e. The van der Waals surface area contributed by atoms with E-state index in [1.54, 1.807) is 0 Å². The average Bonchev–Trinajstić information content (AvgIpc) is 2.81. The molecule has 3 nitrogen and oxygen atoms in total. The lowest BCUT2D eigenvalue weighted by molar-refractivity contribution is 0.157. The summed E-state index contributed by atoms with van der Waals surface area (Å²) in [5, 5.41) is 0. The Morgan fingerprint density at radius 2 is 1.77 bits per heavy atom. The molecule has 0 aliphatic carbocycles. The summed E-state index contributed by atoms with van der Waals surface area (Å²) in [6.45, 7) is 4.11. The van der Waals surface area contributed by atoms with Gasteiger partial charge in [0.25, 0.3) is 0 Å². The van der Waals surface area contributed by atoms with Crippen molar-refractivity contribution in [1.82, 2.24) is 9.55 Å². The minimum Gasteiger partial charge on any atom is -0.483 e. The molecule has 2 aromatic carbocycles. The van der Waals surface area contributed by atoms with Crippen LogP contribution in [0.3, 0.4) is 0 Å². The number of hydrogen-bond acceptors (Lipinski definition) is 2. The zero-order valence-electron chi connectivity index (χ0n) is 12.5. The van der Waals surface area contributed by atoms with Crippen molar-refractivity contribution >= 4 is 28.9 Å². The number of aromatic amines is 1. The molecule has 4 rings (SSSR count). The molecule has 0 unspecified atom stereocenters. The summed E-state index contributed by atoms with van der Waals surface area (Å²) >= 11 is 5.56. The fourth-order valence-electron chi connectivity index (χ4n) is 2.97. The van der Waals surface area contributed by atoms with Gasteiger partial charge in [0.05, 0.1) is 16.7 Å². The molecule has 0 spiro atoms. The number of para-hydroxylation sites is 3. The summed E-state index contributed by atoms with van der Waals surface area (Å²) in [7, 11) is 0. The van der Waals surface area contributed by atoms with Crippen molar-refractivity contribution in [1.29, 1.82) is 0 Å². The van der Waals surface area contributed by atoms with Crippen molar-refractivity contribution < 1.29 is 4.74 Å². The van der Waals surface area contributed by atoms with Gasteiger partial charge < -0.3 is 9.72 Å². The van der Waals surface area contributed by atoms with Crippen LogP contribution >= 0.6 is 12.2 Å². The highest BCUT2D eigenvalue weighted by Gasteiger charge is 2.28. The van der Waals surface area contributed by atoms with Crippen LogP contribution in [0.2, 0.25) is 0 Å². The fourth-order valence-corrected chi connectivity index (χ4v) is 3.27. The molecule has 0 saturated heterocycles. The Bertz CT molecular complexity index is 962. The molecule has 0 atom stereocenters. The summed E-state index contributed by atoms with van der Waals surface area (Å²) < 4.78 is 8.85. The number of benzene rings is 2. The Hall–Kier alpha value is -2.33. The van der Waals surface area contributed by atoms with Gasteiger partial charge in [0, 0.05) is 5.56 Å². The first-order valence-corrected chi connectivity index (χ1v) is 7.67. The molecule has 0 bridgehead atoms. The lowest BCUT2D eigenvalue weighted by Crippen LogP contribution is -2.30. The van der Waals surface area contributed by atoms with Crippen molar-refractivity contribution in [2.45, 2.75) is 19.4 Å². The Morgan fingerprint density at radius 1 is 1.05 bits per heavy atom. The van der Waals surface area contributed by atoms with Gasteiger partial charge in [-0.25, -0.2) is 0 Å². The predicted molar refractivity (Wildman–Crippen MR) is 91.6 cm³/mol. The van der Waals surface area contributed by atoms with Gasteiger partial charge in [0.2, 0.25) is 0 Å². The van der Waals surface area contributed by atoms with Gasteiger partial charge in [0.1, 0.15) is 11.4 Å². The summed E-state index contributed by atoms with van der Waals surface area (Å²) in [6.07, 6.45) is 2.13. The first-order valence-electron chi connectivity index (χ1n) is 7.27. The van der Waals surface area contributed by atoms with Crippen molar-refractivity contribution in [2.75, 3.05) is 0 Å². The van der Waals surface area contributed by atoms with Gasteiger partial charge in [-0.3, -0.25) is 4.57 Å². The molecule has 2 heterocycles. The van der Waals surface area contributed by atoms with Gasteiger partial charge in [-0.2, -0.15) is 0 Å². The molecule has 1 aromatic heterocycles. The molecule has 0 amide bonds. The number of rotatable bonds is 1. The van der Waals surface area contributed by atoms with Gasteiger partial charge in [-0.05, 0) is 56.4 Å². The van der Waals surface area contributed by atoms with Crippen LogP contribution in [0.15, 0.2) is 54.6 Å². The van der Waals surface area contributed by atoms with Crippen LogP contribution in [0, 0.1) is 4.77 Å². The summed E-state index contributed by atoms with van der Waals surface area (Å²) in [4.78, 5) is 3.28. The molecule has 1 aliphatic heterocycles. The lowest BCUT2D eigenvalue weighted by atomic mass is 9.99. The van der Waals surface area contributed by atoms with Gasteiger partial charge >= 0.3 is 0 Å². The first-order chi connectivity index (χ1) is 10.6. The molecular weight excluding hydrogens is 292 g/mol. The Kier molecular flexibility index (Phi) is 2.78. The number of aromatic nitrogens is 2. The molecule has 0 fully saturated rings. The van der Waals surface area contributed by atoms with E-state index in [1.165, 1.54) is 0 Å². The third-order valence-electron chi connectivity index (χ3n) is 3.85. The lowest BCUT2D eigenvalue weighted by Gasteiger charge is -2.31. The maximum atomic E-state index is 6.07. The van der Waals surface area contributed by atoms with Crippen LogP contribution in [0.25, 0.3) is 16.7 Å². The van der Waals surface area contributed by atoms with Gasteiger partial charge in [-0.15, -0.1) is 0 Å². The smallest absolute Gasteiger partial charge is 0.182 e. The summed E-state index contributed by atoms with van der Waals surface area (Å²) in [5.41, 5.74) is 3.86. The number of nitrogens with zero attached hydrogens (tertiary/aromatic N) is 1. The second-order valence-corrected chi connectivity index (χ2v) is 6.40. The SMILES string of the molecule is CC1(C)C=C(n2c(=S)[nH]c3ccccc32)c2ccccc2O1. The number of nitrogens with one attached hydrogen (secondary N) is 1. The molecular formula is C18H16N2OS. The second-order valence-electron chi connectivity index (χ2n) is 6.01. The highest BCUT2D eigenvalue weighted by Crippen LogP contribution is 2.37. The highest BCUT2D eigenvalue weighted by atomic mass is 32.1. The van der Waals surface area contributed by atoms with Crippen LogP contribution in [0.4, 0.5) is 0 Å². The maximum absolute atomic E-state index is 6.07. The van der Waals surface area contributed by atoms with Crippen molar-refractivity contribution in [3.8, 4) is 5.75 Å². The quantitative estimate of drug-likeness (QED) is 0.657. The van der Waals surface area contributed by atoms with E-state index < -0.39 is 0 Å². The van der Waals surface area contributed by atoms with E-state index in [9.17, 15) is 0 Å². The number of ether oxygens (including phenoxy) is 1. The minimum atomic E-state index is -0.378. The number of hydrogen-bond donors (Lipinski definition) is 1. The third-order valence-corrected chi connectivity index (χ3v) is 4.14. The Morgan fingerprint density at radius 3 is 2.64 bits per heavy atom. The molecule has 1 aliphatic rings. The zero-order valence-corrected chi connectivity index (χ0v) is 13.3. The van der Waals surface area contributed by atoms with Gasteiger partial charge in [-0.1, -0.05) is 24.3 Å². The maximum Gasteiger partial charge on any atom is 0.182 e. The molecule has 0 saturated carbocycles. The average molecular weight is 308 g/mol. The Labute approximate surface area is 133 Å². The zero-order chi connectivity index (χ0) is 15.3. The molecule has 0 radical (unpaired) electrons. The third kappa shape index (κ3) is 1.99. The Balaban J connectivity index is 2.07. The fraction of sp³-hybridized carbons (Fsp3) is 0.167. The summed E-state index contributed by atoms with van der Waals surface area (Å²) in [5.74, 6) is 0.886.